The number of aryl methyl sites for hydroxylation is 1. The number of halogens is 3. The fourth-order valence-corrected chi connectivity index (χ4v) is 5.58. The van der Waals surface area contributed by atoms with Gasteiger partial charge in [-0.25, -0.2) is 9.97 Å². The van der Waals surface area contributed by atoms with Crippen LogP contribution in [-0.4, -0.2) is 17.3 Å². The molecule has 0 N–H and O–H groups in total. The first-order valence-corrected chi connectivity index (χ1v) is 13.4. The minimum absolute atomic E-state index is 0.0444. The minimum atomic E-state index is -4.55. The number of benzene rings is 3. The van der Waals surface area contributed by atoms with Crippen molar-refractivity contribution >= 4 is 49.6 Å². The normalized spacial score (nSPS) is 12.2. The Morgan fingerprint density at radius 2 is 1.61 bits per heavy atom. The van der Waals surface area contributed by atoms with Crippen molar-refractivity contribution in [2.45, 2.75) is 20.7 Å². The maximum Gasteiger partial charge on any atom is 0.417 e. The third-order valence-corrected chi connectivity index (χ3v) is 7.17. The largest absolute Gasteiger partial charge is 0.443 e. The molecule has 38 heavy (non-hydrogen) atoms. The minimum Gasteiger partial charge on any atom is -0.443 e. The third kappa shape index (κ3) is 5.96. The lowest BCUT2D eigenvalue weighted by Crippen LogP contribution is -2.08. The quantitative estimate of drug-likeness (QED) is 0.106. The van der Waals surface area contributed by atoms with Crippen molar-refractivity contribution in [3.8, 4) is 39.8 Å². The van der Waals surface area contributed by atoms with Crippen LogP contribution in [0, 0.1) is 6.92 Å². The van der Waals surface area contributed by atoms with Gasteiger partial charge >= 0.3 is 6.18 Å². The van der Waals surface area contributed by atoms with E-state index < -0.39 is 14.5 Å². The number of rotatable bonds is 6. The van der Waals surface area contributed by atoms with E-state index in [9.17, 15) is 13.2 Å². The van der Waals surface area contributed by atoms with Crippen molar-refractivity contribution in [1.82, 2.24) is 14.5 Å². The van der Waals surface area contributed by atoms with Crippen LogP contribution in [0.15, 0.2) is 94.6 Å². The fraction of sp³-hybridized carbons (Fsp3) is 0.111. The number of aromatic nitrogens is 3. The zero-order valence-electron chi connectivity index (χ0n) is 19.7. The number of alkyl halides is 3. The first-order chi connectivity index (χ1) is 18.0. The van der Waals surface area contributed by atoms with E-state index in [0.29, 0.717) is 17.1 Å². The van der Waals surface area contributed by atoms with Crippen molar-refractivity contribution in [2.75, 3.05) is 0 Å². The zero-order valence-corrected chi connectivity index (χ0v) is 23.2. The summed E-state index contributed by atoms with van der Waals surface area (Å²) in [4.78, 5) is 9.76. The average Bonchev–Trinajstić information content (AvgIpc) is 3.49. The Bertz CT molecular complexity index is 1590. The monoisotopic (exact) mass is 587 g/mol. The summed E-state index contributed by atoms with van der Waals surface area (Å²) >= 11 is 14.4. The van der Waals surface area contributed by atoms with Crippen molar-refractivity contribution in [3.63, 3.8) is 0 Å². The molecule has 3 aromatic carbocycles. The average molecular weight is 588 g/mol. The summed E-state index contributed by atoms with van der Waals surface area (Å²) in [7, 11) is 0. The molecule has 0 amide bonds. The van der Waals surface area contributed by atoms with Gasteiger partial charge in [0, 0.05) is 22.3 Å². The summed E-state index contributed by atoms with van der Waals surface area (Å²) in [6, 6.07) is 20.7. The van der Waals surface area contributed by atoms with Crippen molar-refractivity contribution < 1.29 is 17.6 Å². The molecule has 0 radical (unpaired) electrons. The van der Waals surface area contributed by atoms with Gasteiger partial charge < -0.3 is 4.42 Å². The Morgan fingerprint density at radius 3 is 2.26 bits per heavy atom. The molecule has 0 fully saturated rings. The predicted octanol–water partition coefficient (Wildman–Crippen LogP) is 8.68. The van der Waals surface area contributed by atoms with Crippen LogP contribution < -0.4 is 0 Å². The maximum atomic E-state index is 13.9. The lowest BCUT2D eigenvalue weighted by atomic mass is 10.0. The summed E-state index contributed by atoms with van der Waals surface area (Å²) in [5.74, 6) is 0.356. The molecule has 0 spiro atoms. The second-order valence-electron chi connectivity index (χ2n) is 8.41. The van der Waals surface area contributed by atoms with Gasteiger partial charge in [0.05, 0.1) is 11.3 Å². The number of oxazole rings is 1. The molecule has 0 atom stereocenters. The van der Waals surface area contributed by atoms with Gasteiger partial charge in [-0.2, -0.15) is 13.2 Å². The molecule has 2 heterocycles. The number of imidazole rings is 1. The van der Waals surface area contributed by atoms with Gasteiger partial charge in [0.2, 0.25) is 5.89 Å². The molecule has 0 saturated carbocycles. The summed E-state index contributed by atoms with van der Waals surface area (Å²) in [5, 5.41) is 0. The molecule has 11 heteroatoms. The van der Waals surface area contributed by atoms with Crippen LogP contribution in [0.2, 0.25) is 0 Å². The van der Waals surface area contributed by atoms with Crippen LogP contribution in [-0.2, 0) is 6.18 Å². The molecule has 0 aliphatic carbocycles. The van der Waals surface area contributed by atoms with Crippen LogP contribution in [0.25, 0.3) is 39.8 Å². The molecule has 194 valence electrons. The highest BCUT2D eigenvalue weighted by molar-refractivity contribution is 8.36. The van der Waals surface area contributed by atoms with Gasteiger partial charge in [0.25, 0.3) is 0 Å². The van der Waals surface area contributed by atoms with Gasteiger partial charge in [-0.15, -0.1) is 37.9 Å². The number of thiol groups is 3. The molecule has 0 aliphatic heterocycles. The molecule has 2 aromatic heterocycles. The third-order valence-electron chi connectivity index (χ3n) is 5.59. The molecule has 5 rings (SSSR count). The summed E-state index contributed by atoms with van der Waals surface area (Å²) in [6.45, 7) is 1.76. The van der Waals surface area contributed by atoms with E-state index in [2.05, 4.69) is 47.9 Å². The van der Waals surface area contributed by atoms with Gasteiger partial charge in [0.15, 0.2) is 0 Å². The van der Waals surface area contributed by atoms with E-state index >= 15 is 0 Å². The highest BCUT2D eigenvalue weighted by Gasteiger charge is 2.35. The van der Waals surface area contributed by atoms with E-state index in [1.807, 2.05) is 48.5 Å². The summed E-state index contributed by atoms with van der Waals surface area (Å²) in [6.07, 6.45) is -1.45. The second kappa shape index (κ2) is 10.4. The van der Waals surface area contributed by atoms with E-state index in [0.717, 1.165) is 22.1 Å². The molecule has 4 nitrogen and oxygen atoms in total. The van der Waals surface area contributed by atoms with Crippen LogP contribution in [0.1, 0.15) is 11.3 Å². The van der Waals surface area contributed by atoms with Crippen molar-refractivity contribution in [1.29, 1.82) is 0 Å². The lowest BCUT2D eigenvalue weighted by Gasteiger charge is -2.15. The number of hydrogen-bond acceptors (Lipinski definition) is 7. The Hall–Kier alpha value is -2.73. The van der Waals surface area contributed by atoms with Crippen molar-refractivity contribution in [2.24, 2.45) is 0 Å². The number of hydrogen-bond donors (Lipinski definition) is 3. The van der Waals surface area contributed by atoms with Crippen LogP contribution in [0.4, 0.5) is 13.2 Å². The Balaban J connectivity index is 1.59. The van der Waals surface area contributed by atoms with Crippen LogP contribution in [0.5, 0.6) is 0 Å². The van der Waals surface area contributed by atoms with Gasteiger partial charge in [0.1, 0.15) is 20.5 Å². The van der Waals surface area contributed by atoms with E-state index in [1.165, 1.54) is 30.2 Å². The van der Waals surface area contributed by atoms with E-state index in [-0.39, 0.29) is 17.3 Å². The molecular weight excluding hydrogens is 568 g/mol. The SMILES string of the molecule is Cc1coc(-c2cn(-c3ccc(-c4cccc(SC(S)(S)S)c4)cc3)c(-c3ccccc3C(F)(F)F)n2)n1. The Kier molecular flexibility index (Phi) is 7.38. The first kappa shape index (κ1) is 26.9. The van der Waals surface area contributed by atoms with Crippen LogP contribution >= 0.6 is 49.6 Å². The smallest absolute Gasteiger partial charge is 0.417 e. The lowest BCUT2D eigenvalue weighted by molar-refractivity contribution is -0.137. The van der Waals surface area contributed by atoms with Gasteiger partial charge in [-0.05, 0) is 48.4 Å². The van der Waals surface area contributed by atoms with E-state index in [1.54, 1.807) is 23.8 Å². The van der Waals surface area contributed by atoms with Gasteiger partial charge in [-0.1, -0.05) is 54.2 Å². The highest BCUT2D eigenvalue weighted by atomic mass is 32.3. The second-order valence-corrected chi connectivity index (χ2v) is 13.7. The predicted molar refractivity (Wildman–Crippen MR) is 155 cm³/mol. The highest BCUT2D eigenvalue weighted by Crippen LogP contribution is 2.43. The Labute approximate surface area is 237 Å². The molecular formula is C27H20F3N3OS4. The fourth-order valence-electron chi connectivity index (χ4n) is 3.98. The molecule has 0 bridgehead atoms. The molecule has 0 saturated heterocycles. The Morgan fingerprint density at radius 1 is 0.868 bits per heavy atom. The maximum absolute atomic E-state index is 13.9. The zero-order chi connectivity index (χ0) is 27.1. The standard InChI is InChI=1S/C27H20F3N3OS4/c1-16-15-34-25(31-16)23-14-33(24(32-23)21-7-2-3-8-22(21)26(28,29)30)19-11-9-17(10-12-19)18-5-4-6-20(13-18)38-27(35,36)37/h2-15,35-37H,1H3. The molecule has 5 aromatic rings. The van der Waals surface area contributed by atoms with Gasteiger partial charge in [-0.3, -0.25) is 4.57 Å². The number of thioether (sulfide) groups is 1. The summed E-state index contributed by atoms with van der Waals surface area (Å²) < 4.78 is 48.0. The first-order valence-electron chi connectivity index (χ1n) is 11.2. The number of nitrogens with zero attached hydrogens (tertiary/aromatic N) is 3. The topological polar surface area (TPSA) is 43.9 Å². The molecule has 0 unspecified atom stereocenters. The van der Waals surface area contributed by atoms with E-state index in [4.69, 9.17) is 4.42 Å². The molecule has 0 aliphatic rings. The summed E-state index contributed by atoms with van der Waals surface area (Å²) in [5.41, 5.74) is 2.67. The van der Waals surface area contributed by atoms with Crippen molar-refractivity contribution in [3.05, 3.63) is 96.5 Å². The van der Waals surface area contributed by atoms with Crippen LogP contribution in [0.3, 0.4) is 0 Å².